The molecule has 1 heterocycles. The molecule has 3 aromatic carbocycles. The van der Waals surface area contributed by atoms with Gasteiger partial charge in [-0.05, 0) is 61.7 Å². The van der Waals surface area contributed by atoms with Gasteiger partial charge in [0, 0.05) is 23.7 Å². The zero-order valence-electron chi connectivity index (χ0n) is 19.2. The third kappa shape index (κ3) is 4.80. The summed E-state index contributed by atoms with van der Waals surface area (Å²) < 4.78 is 67.7. The van der Waals surface area contributed by atoms with Gasteiger partial charge in [0.2, 0.25) is 0 Å². The molecule has 0 saturated carbocycles. The molecule has 6 nitrogen and oxygen atoms in total. The van der Waals surface area contributed by atoms with E-state index in [1.165, 1.54) is 29.6 Å². The van der Waals surface area contributed by atoms with Crippen LogP contribution in [0.15, 0.2) is 59.5 Å². The molecule has 2 unspecified atom stereocenters. The molecule has 2 N–H and O–H groups in total. The van der Waals surface area contributed by atoms with Crippen LogP contribution in [0.4, 0.5) is 14.5 Å². The summed E-state index contributed by atoms with van der Waals surface area (Å²) in [7, 11) is -2.85. The number of hydrogen-bond acceptors (Lipinski definition) is 5. The van der Waals surface area contributed by atoms with Gasteiger partial charge >= 0.3 is 0 Å². The molecule has 0 saturated heterocycles. The lowest BCUT2D eigenvalue weighted by Crippen LogP contribution is -2.49. The number of sulfonamides is 1. The van der Waals surface area contributed by atoms with Crippen LogP contribution in [0.2, 0.25) is 5.02 Å². The van der Waals surface area contributed by atoms with Gasteiger partial charge in [0.25, 0.3) is 10.0 Å². The van der Waals surface area contributed by atoms with Gasteiger partial charge < -0.3 is 15.2 Å². The zero-order valence-corrected chi connectivity index (χ0v) is 20.7. The molecule has 2 atom stereocenters. The van der Waals surface area contributed by atoms with E-state index >= 15 is 0 Å². The molecule has 10 heteroatoms. The van der Waals surface area contributed by atoms with E-state index in [4.69, 9.17) is 26.8 Å². The minimum atomic E-state index is -4.12. The van der Waals surface area contributed by atoms with E-state index in [2.05, 4.69) is 0 Å². The molecule has 0 aromatic heterocycles. The Bertz CT molecular complexity index is 1330. The summed E-state index contributed by atoms with van der Waals surface area (Å²) in [6.07, 6.45) is 0.575. The first-order valence-electron chi connectivity index (χ1n) is 10.9. The molecule has 0 amide bonds. The smallest absolute Gasteiger partial charge is 0.264 e. The minimum absolute atomic E-state index is 0.115. The summed E-state index contributed by atoms with van der Waals surface area (Å²) in [5.74, 6) is -1.13. The van der Waals surface area contributed by atoms with Crippen molar-refractivity contribution in [1.29, 1.82) is 0 Å². The summed E-state index contributed by atoms with van der Waals surface area (Å²) in [6.45, 7) is 1.93. The van der Waals surface area contributed by atoms with Crippen molar-refractivity contribution in [2.24, 2.45) is 11.7 Å². The highest BCUT2D eigenvalue weighted by atomic mass is 35.5. The van der Waals surface area contributed by atoms with E-state index < -0.39 is 27.7 Å². The van der Waals surface area contributed by atoms with Crippen LogP contribution in [-0.4, -0.2) is 28.1 Å². The third-order valence-electron chi connectivity index (χ3n) is 6.26. The number of ether oxygens (including phenoxy) is 2. The minimum Gasteiger partial charge on any atom is -0.494 e. The van der Waals surface area contributed by atoms with Gasteiger partial charge in [-0.25, -0.2) is 17.2 Å². The molecular weight excluding hydrogens is 498 g/mol. The van der Waals surface area contributed by atoms with Crippen LogP contribution in [0.5, 0.6) is 11.5 Å². The first kappa shape index (κ1) is 25.2. The molecule has 186 valence electrons. The molecule has 3 aromatic rings. The van der Waals surface area contributed by atoms with E-state index in [-0.39, 0.29) is 40.3 Å². The van der Waals surface area contributed by atoms with Crippen molar-refractivity contribution in [2.75, 3.05) is 18.0 Å². The topological polar surface area (TPSA) is 81.9 Å². The molecule has 1 aliphatic heterocycles. The fourth-order valence-electron chi connectivity index (χ4n) is 4.24. The molecule has 0 spiro atoms. The molecular formula is C25H25ClF2N2O4S. The molecule has 0 fully saturated rings. The molecule has 0 radical (unpaired) electrons. The molecule has 35 heavy (non-hydrogen) atoms. The van der Waals surface area contributed by atoms with Gasteiger partial charge in [0.1, 0.15) is 18.2 Å². The second kappa shape index (κ2) is 10.0. The van der Waals surface area contributed by atoms with Gasteiger partial charge in [-0.2, -0.15) is 0 Å². The fourth-order valence-corrected chi connectivity index (χ4v) is 6.22. The lowest BCUT2D eigenvalue weighted by atomic mass is 9.88. The second-order valence-corrected chi connectivity index (χ2v) is 10.5. The van der Waals surface area contributed by atoms with E-state index in [0.29, 0.717) is 17.9 Å². The highest BCUT2D eigenvalue weighted by molar-refractivity contribution is 7.92. The lowest BCUT2D eigenvalue weighted by molar-refractivity contribution is 0.299. The Balaban J connectivity index is 1.74. The van der Waals surface area contributed by atoms with Gasteiger partial charge in [0.05, 0.1) is 22.7 Å². The van der Waals surface area contributed by atoms with Crippen LogP contribution >= 0.6 is 11.6 Å². The van der Waals surface area contributed by atoms with Crippen LogP contribution in [0.25, 0.3) is 0 Å². The SMILES string of the molecule is COc1cc(S(=O)(=O)N2c3cc(OCc4c(F)cccc4Cl)ccc3CC(CN)C2C)ccc1F. The van der Waals surface area contributed by atoms with Crippen molar-refractivity contribution < 1.29 is 26.7 Å². The first-order chi connectivity index (χ1) is 16.7. The van der Waals surface area contributed by atoms with Gasteiger partial charge in [-0.3, -0.25) is 4.31 Å². The number of anilines is 1. The zero-order chi connectivity index (χ0) is 25.3. The van der Waals surface area contributed by atoms with Crippen LogP contribution in [0.3, 0.4) is 0 Å². The summed E-state index contributed by atoms with van der Waals surface area (Å²) in [5.41, 5.74) is 7.36. The molecule has 0 aliphatic carbocycles. The molecule has 1 aliphatic rings. The Morgan fingerprint density at radius 2 is 1.89 bits per heavy atom. The van der Waals surface area contributed by atoms with Crippen LogP contribution in [0, 0.1) is 17.6 Å². The lowest BCUT2D eigenvalue weighted by Gasteiger charge is -2.40. The summed E-state index contributed by atoms with van der Waals surface area (Å²) in [5, 5.41) is 0.233. The van der Waals surface area contributed by atoms with Crippen molar-refractivity contribution in [3.63, 3.8) is 0 Å². The number of halogens is 3. The van der Waals surface area contributed by atoms with Crippen LogP contribution in [-0.2, 0) is 23.1 Å². The Labute approximate surface area is 208 Å². The Morgan fingerprint density at radius 1 is 1.11 bits per heavy atom. The van der Waals surface area contributed by atoms with E-state index in [0.717, 1.165) is 17.7 Å². The summed E-state index contributed by atoms with van der Waals surface area (Å²) >= 11 is 6.09. The number of nitrogens with two attached hydrogens (primary N) is 1. The van der Waals surface area contributed by atoms with E-state index in [1.54, 1.807) is 31.2 Å². The van der Waals surface area contributed by atoms with Crippen molar-refractivity contribution >= 4 is 27.3 Å². The van der Waals surface area contributed by atoms with Crippen LogP contribution in [0.1, 0.15) is 18.1 Å². The maximum absolute atomic E-state index is 14.2. The van der Waals surface area contributed by atoms with Crippen molar-refractivity contribution in [3.8, 4) is 11.5 Å². The van der Waals surface area contributed by atoms with E-state index in [9.17, 15) is 17.2 Å². The van der Waals surface area contributed by atoms with E-state index in [1.807, 2.05) is 0 Å². The van der Waals surface area contributed by atoms with Crippen molar-refractivity contribution in [2.45, 2.75) is 30.9 Å². The first-order valence-corrected chi connectivity index (χ1v) is 12.8. The number of hydrogen-bond donors (Lipinski definition) is 1. The fraction of sp³-hybridized carbons (Fsp3) is 0.280. The molecule has 0 bridgehead atoms. The number of benzene rings is 3. The Morgan fingerprint density at radius 3 is 2.57 bits per heavy atom. The Hall–Kier alpha value is -2.88. The maximum atomic E-state index is 14.2. The maximum Gasteiger partial charge on any atom is 0.264 e. The second-order valence-electron chi connectivity index (χ2n) is 8.32. The summed E-state index contributed by atoms with van der Waals surface area (Å²) in [4.78, 5) is -0.115. The standard InChI is InChI=1S/C25H25ClF2N2O4S/c1-15-17(13-29)10-16-6-7-18(34-14-20-21(26)4-3-5-22(20)27)11-24(16)30(15)35(31,32)19-8-9-23(28)25(12-19)33-2/h3-9,11-12,15,17H,10,13-14,29H2,1-2H3. The highest BCUT2D eigenvalue weighted by Crippen LogP contribution is 2.40. The summed E-state index contributed by atoms with van der Waals surface area (Å²) in [6, 6.07) is 12.4. The number of rotatable bonds is 7. The largest absolute Gasteiger partial charge is 0.494 e. The van der Waals surface area contributed by atoms with Gasteiger partial charge in [-0.15, -0.1) is 0 Å². The van der Waals surface area contributed by atoms with Gasteiger partial charge in [0.15, 0.2) is 11.6 Å². The predicted molar refractivity (Wildman–Crippen MR) is 131 cm³/mol. The van der Waals surface area contributed by atoms with Gasteiger partial charge in [-0.1, -0.05) is 23.7 Å². The number of nitrogens with zero attached hydrogens (tertiary/aromatic N) is 1. The van der Waals surface area contributed by atoms with Crippen molar-refractivity contribution in [3.05, 3.63) is 82.4 Å². The monoisotopic (exact) mass is 522 g/mol. The predicted octanol–water partition coefficient (Wildman–Crippen LogP) is 4.92. The number of methoxy groups -OCH3 is 1. The van der Waals surface area contributed by atoms with Crippen molar-refractivity contribution in [1.82, 2.24) is 0 Å². The quantitative estimate of drug-likeness (QED) is 0.476. The average molecular weight is 523 g/mol. The van der Waals surface area contributed by atoms with Crippen LogP contribution < -0.4 is 19.5 Å². The highest BCUT2D eigenvalue weighted by Gasteiger charge is 2.39. The molecule has 4 rings (SSSR count). The number of fused-ring (bicyclic) bond motifs is 1. The Kier molecular flexibility index (Phi) is 7.21. The normalized spacial score (nSPS) is 17.7. The third-order valence-corrected chi connectivity index (χ3v) is 8.51. The average Bonchev–Trinajstić information content (AvgIpc) is 2.83.